The molecule has 0 fully saturated rings. The molecule has 0 saturated heterocycles. The number of anilines is 3. The van der Waals surface area contributed by atoms with Crippen LogP contribution < -0.4 is 4.90 Å². The van der Waals surface area contributed by atoms with Crippen molar-refractivity contribution in [3.63, 3.8) is 0 Å². The maximum atomic E-state index is 6.40. The van der Waals surface area contributed by atoms with Crippen LogP contribution in [-0.2, 0) is 10.8 Å². The molecular formula is C48H37NO. The zero-order valence-electron chi connectivity index (χ0n) is 28.8. The van der Waals surface area contributed by atoms with Crippen LogP contribution in [0.25, 0.3) is 55.3 Å². The Kier molecular flexibility index (Phi) is 6.01. The highest BCUT2D eigenvalue weighted by Crippen LogP contribution is 2.53. The molecule has 0 spiro atoms. The van der Waals surface area contributed by atoms with Gasteiger partial charge in [0.25, 0.3) is 0 Å². The molecule has 2 heteroatoms. The fraction of sp³-hybridized carbons (Fsp3) is 0.125. The van der Waals surface area contributed by atoms with Crippen molar-refractivity contribution in [3.8, 4) is 33.4 Å². The van der Waals surface area contributed by atoms with Gasteiger partial charge in [0.1, 0.15) is 11.2 Å². The summed E-state index contributed by atoms with van der Waals surface area (Å²) in [5.74, 6) is 0. The number of fused-ring (bicyclic) bond motifs is 9. The van der Waals surface area contributed by atoms with Gasteiger partial charge in [0.05, 0.1) is 0 Å². The highest BCUT2D eigenvalue weighted by molar-refractivity contribution is 6.06. The number of furan rings is 1. The van der Waals surface area contributed by atoms with E-state index >= 15 is 0 Å². The van der Waals surface area contributed by atoms with Crippen LogP contribution in [0.1, 0.15) is 49.9 Å². The Morgan fingerprint density at radius 3 is 1.78 bits per heavy atom. The summed E-state index contributed by atoms with van der Waals surface area (Å²) in [4.78, 5) is 2.38. The van der Waals surface area contributed by atoms with E-state index in [1.165, 1.54) is 55.6 Å². The molecule has 1 heterocycles. The summed E-state index contributed by atoms with van der Waals surface area (Å²) in [6.45, 7) is 9.38. The minimum Gasteiger partial charge on any atom is -0.456 e. The smallest absolute Gasteiger partial charge is 0.137 e. The van der Waals surface area contributed by atoms with Crippen molar-refractivity contribution in [2.75, 3.05) is 4.90 Å². The van der Waals surface area contributed by atoms with Gasteiger partial charge in [-0.05, 0) is 98.1 Å². The van der Waals surface area contributed by atoms with Gasteiger partial charge >= 0.3 is 0 Å². The van der Waals surface area contributed by atoms with E-state index < -0.39 is 0 Å². The standard InChI is InChI=1S/C48H37NO/c1-47(2)41-17-9-6-14-39(41)46-34(15-11-18-42(46)47)30-20-22-31(23-21-30)49(33-25-27-38-37-13-7-10-19-44(37)50-45(38)29-33)32-24-26-36-35-12-5-8-16-40(35)48(3,4)43(36)28-32/h5-29H,1-4H3. The molecule has 0 N–H and O–H groups in total. The third-order valence-electron chi connectivity index (χ3n) is 11.5. The predicted molar refractivity (Wildman–Crippen MR) is 209 cm³/mol. The van der Waals surface area contributed by atoms with Crippen molar-refractivity contribution < 1.29 is 4.42 Å². The first-order chi connectivity index (χ1) is 24.3. The summed E-state index contributed by atoms with van der Waals surface area (Å²) in [5, 5.41) is 2.27. The zero-order chi connectivity index (χ0) is 33.8. The Balaban J connectivity index is 1.13. The Labute approximate surface area is 293 Å². The molecule has 8 aromatic rings. The van der Waals surface area contributed by atoms with E-state index in [-0.39, 0.29) is 10.8 Å². The Morgan fingerprint density at radius 2 is 0.960 bits per heavy atom. The number of para-hydroxylation sites is 1. The Hall–Kier alpha value is -5.86. The normalized spacial score (nSPS) is 14.7. The van der Waals surface area contributed by atoms with E-state index in [4.69, 9.17) is 4.42 Å². The maximum Gasteiger partial charge on any atom is 0.137 e. The van der Waals surface area contributed by atoms with Crippen molar-refractivity contribution in [2.24, 2.45) is 0 Å². The van der Waals surface area contributed by atoms with Gasteiger partial charge in [-0.15, -0.1) is 0 Å². The van der Waals surface area contributed by atoms with Gasteiger partial charge in [-0.2, -0.15) is 0 Å². The molecule has 240 valence electrons. The van der Waals surface area contributed by atoms with Crippen molar-refractivity contribution in [3.05, 3.63) is 174 Å². The van der Waals surface area contributed by atoms with Gasteiger partial charge in [-0.25, -0.2) is 0 Å². The Bertz CT molecular complexity index is 2650. The van der Waals surface area contributed by atoms with Crippen LogP contribution >= 0.6 is 0 Å². The summed E-state index contributed by atoms with van der Waals surface area (Å²) in [6.07, 6.45) is 0. The average Bonchev–Trinajstić information content (AvgIpc) is 3.71. The first kappa shape index (κ1) is 29.1. The van der Waals surface area contributed by atoms with Gasteiger partial charge in [0.15, 0.2) is 0 Å². The van der Waals surface area contributed by atoms with Crippen LogP contribution in [-0.4, -0.2) is 0 Å². The second-order valence-corrected chi connectivity index (χ2v) is 15.0. The molecule has 50 heavy (non-hydrogen) atoms. The molecule has 10 rings (SSSR count). The molecule has 7 aromatic carbocycles. The topological polar surface area (TPSA) is 16.4 Å². The van der Waals surface area contributed by atoms with E-state index in [1.54, 1.807) is 0 Å². The highest BCUT2D eigenvalue weighted by Gasteiger charge is 2.37. The van der Waals surface area contributed by atoms with Gasteiger partial charge in [-0.3, -0.25) is 0 Å². The van der Waals surface area contributed by atoms with Crippen LogP contribution in [0.5, 0.6) is 0 Å². The van der Waals surface area contributed by atoms with E-state index in [0.717, 1.165) is 39.0 Å². The summed E-state index contributed by atoms with van der Waals surface area (Å²) in [7, 11) is 0. The second-order valence-electron chi connectivity index (χ2n) is 15.0. The first-order valence-electron chi connectivity index (χ1n) is 17.6. The van der Waals surface area contributed by atoms with Crippen LogP contribution in [0.3, 0.4) is 0 Å². The largest absolute Gasteiger partial charge is 0.456 e. The van der Waals surface area contributed by atoms with Gasteiger partial charge < -0.3 is 9.32 Å². The molecule has 0 unspecified atom stereocenters. The van der Waals surface area contributed by atoms with Crippen LogP contribution in [0, 0.1) is 0 Å². The Morgan fingerprint density at radius 1 is 0.400 bits per heavy atom. The first-order valence-corrected chi connectivity index (χ1v) is 17.6. The van der Waals surface area contributed by atoms with E-state index in [0.29, 0.717) is 0 Å². The summed E-state index contributed by atoms with van der Waals surface area (Å²) >= 11 is 0. The molecule has 0 aliphatic heterocycles. The number of hydrogen-bond donors (Lipinski definition) is 0. The van der Waals surface area contributed by atoms with Gasteiger partial charge in [-0.1, -0.05) is 131 Å². The van der Waals surface area contributed by atoms with Crippen molar-refractivity contribution in [1.29, 1.82) is 0 Å². The molecule has 0 saturated carbocycles. The van der Waals surface area contributed by atoms with Crippen LogP contribution in [0.4, 0.5) is 17.1 Å². The lowest BCUT2D eigenvalue weighted by molar-refractivity contribution is 0.660. The minimum atomic E-state index is -0.0993. The minimum absolute atomic E-state index is 0.0328. The summed E-state index contributed by atoms with van der Waals surface area (Å²) in [5.41, 5.74) is 18.3. The summed E-state index contributed by atoms with van der Waals surface area (Å²) in [6, 6.07) is 55.6. The molecule has 0 bridgehead atoms. The predicted octanol–water partition coefficient (Wildman–Crippen LogP) is 13.3. The maximum absolute atomic E-state index is 6.40. The molecule has 2 aliphatic rings. The molecule has 0 radical (unpaired) electrons. The lowest BCUT2D eigenvalue weighted by Crippen LogP contribution is -2.16. The molecule has 0 amide bonds. The quantitative estimate of drug-likeness (QED) is 0.190. The summed E-state index contributed by atoms with van der Waals surface area (Å²) < 4.78 is 6.40. The molecule has 2 aliphatic carbocycles. The van der Waals surface area contributed by atoms with Crippen molar-refractivity contribution in [1.82, 2.24) is 0 Å². The highest BCUT2D eigenvalue weighted by atomic mass is 16.3. The fourth-order valence-corrected chi connectivity index (χ4v) is 8.92. The third-order valence-corrected chi connectivity index (χ3v) is 11.5. The van der Waals surface area contributed by atoms with Crippen LogP contribution in [0.15, 0.2) is 156 Å². The van der Waals surface area contributed by atoms with Crippen LogP contribution in [0.2, 0.25) is 0 Å². The lowest BCUT2D eigenvalue weighted by Gasteiger charge is -2.28. The molecular weight excluding hydrogens is 607 g/mol. The fourth-order valence-electron chi connectivity index (χ4n) is 8.92. The van der Waals surface area contributed by atoms with E-state index in [2.05, 4.69) is 172 Å². The number of benzene rings is 7. The SMILES string of the molecule is CC1(C)c2ccccc2-c2ccc(N(c3ccc(-c4cccc5c4-c4ccccc4C5(C)C)cc3)c3ccc4c(c3)oc3ccccc34)cc21. The third kappa shape index (κ3) is 4.02. The molecule has 0 atom stereocenters. The van der Waals surface area contributed by atoms with E-state index in [9.17, 15) is 0 Å². The lowest BCUT2D eigenvalue weighted by atomic mass is 9.82. The average molecular weight is 644 g/mol. The molecule has 2 nitrogen and oxygen atoms in total. The zero-order valence-corrected chi connectivity index (χ0v) is 28.8. The second kappa shape index (κ2) is 10.3. The molecule has 1 aromatic heterocycles. The number of hydrogen-bond acceptors (Lipinski definition) is 2. The van der Waals surface area contributed by atoms with Crippen molar-refractivity contribution >= 4 is 39.0 Å². The monoisotopic (exact) mass is 643 g/mol. The van der Waals surface area contributed by atoms with Crippen molar-refractivity contribution in [2.45, 2.75) is 38.5 Å². The van der Waals surface area contributed by atoms with Gasteiger partial charge in [0, 0.05) is 44.7 Å². The number of nitrogens with zero attached hydrogens (tertiary/aromatic N) is 1. The van der Waals surface area contributed by atoms with E-state index in [1.807, 2.05) is 12.1 Å². The van der Waals surface area contributed by atoms with Gasteiger partial charge in [0.2, 0.25) is 0 Å². The number of rotatable bonds is 4.